The summed E-state index contributed by atoms with van der Waals surface area (Å²) in [5, 5.41) is 0. The van der Waals surface area contributed by atoms with Crippen LogP contribution in [-0.2, 0) is 4.12 Å². The molecule has 0 aromatic carbocycles. The van der Waals surface area contributed by atoms with E-state index in [1.165, 1.54) is 6.04 Å². The fourth-order valence-corrected chi connectivity index (χ4v) is 4.87. The van der Waals surface area contributed by atoms with E-state index in [9.17, 15) is 0 Å². The van der Waals surface area contributed by atoms with E-state index in [1.807, 2.05) is 0 Å². The number of halogens is 1. The molecule has 9 heavy (non-hydrogen) atoms. The Bertz CT molecular complexity index is 62.9. The Morgan fingerprint density at radius 2 is 2.33 bits per heavy atom. The average molecular weight is 183 g/mol. The van der Waals surface area contributed by atoms with Crippen molar-refractivity contribution in [3.8, 4) is 0 Å². The lowest BCUT2D eigenvalue weighted by Gasteiger charge is -2.07. The highest BCUT2D eigenvalue weighted by molar-refractivity contribution is 6.57. The number of rotatable bonds is 5. The van der Waals surface area contributed by atoms with Crippen molar-refractivity contribution in [1.29, 1.82) is 0 Å². The predicted molar refractivity (Wildman–Crippen MR) is 48.7 cm³/mol. The molecule has 0 aromatic heterocycles. The van der Waals surface area contributed by atoms with Crippen molar-refractivity contribution >= 4 is 30.4 Å². The van der Waals surface area contributed by atoms with Crippen LogP contribution in [0.15, 0.2) is 0 Å². The fourth-order valence-electron chi connectivity index (χ4n) is 0.732. The second kappa shape index (κ2) is 6.80. The van der Waals surface area contributed by atoms with Gasteiger partial charge in [-0.25, -0.2) is 0 Å². The Hall–Kier alpha value is 0.684. The van der Waals surface area contributed by atoms with Crippen molar-refractivity contribution < 1.29 is 4.12 Å². The summed E-state index contributed by atoms with van der Waals surface area (Å²) in [6, 6.07) is 1.25. The Morgan fingerprint density at radius 1 is 1.67 bits per heavy atom. The molecular weight excluding hydrogens is 168 g/mol. The molecule has 0 saturated carbocycles. The average Bonchev–Trinajstić information content (AvgIpc) is 1.85. The highest BCUT2D eigenvalue weighted by Gasteiger charge is 2.00. The van der Waals surface area contributed by atoms with Crippen LogP contribution in [0.4, 0.5) is 0 Å². The predicted octanol–water partition coefficient (Wildman–Crippen LogP) is 1.12. The van der Waals surface area contributed by atoms with E-state index < -0.39 is 9.04 Å². The van der Waals surface area contributed by atoms with Crippen LogP contribution in [-0.4, -0.2) is 24.7 Å². The molecule has 0 aliphatic heterocycles. The minimum absolute atomic E-state index is 0.143. The Labute approximate surface area is 66.4 Å². The zero-order chi connectivity index (χ0) is 7.11. The molecule has 0 spiro atoms. The highest BCUT2D eigenvalue weighted by Crippen LogP contribution is 1.99. The monoisotopic (exact) mass is 182 g/mol. The molecule has 1 atom stereocenters. The number of hydrogen-bond acceptors (Lipinski definition) is 1. The molecule has 4 heteroatoms. The normalized spacial score (nSPS) is 15.0. The summed E-state index contributed by atoms with van der Waals surface area (Å²) in [5.41, 5.74) is 0. The van der Waals surface area contributed by atoms with Crippen LogP contribution in [0.25, 0.3) is 0 Å². The molecule has 0 saturated heterocycles. The van der Waals surface area contributed by atoms with Crippen LogP contribution in [0.1, 0.15) is 6.42 Å². The van der Waals surface area contributed by atoms with Crippen LogP contribution in [0.5, 0.6) is 0 Å². The van der Waals surface area contributed by atoms with Gasteiger partial charge in [-0.3, -0.25) is 0 Å². The summed E-state index contributed by atoms with van der Waals surface area (Å²) in [7, 11) is -0.885. The SMILES string of the molecule is C[SiH2]O[SiH](C)CCCCl. The van der Waals surface area contributed by atoms with Crippen molar-refractivity contribution in [3.05, 3.63) is 0 Å². The van der Waals surface area contributed by atoms with Gasteiger partial charge in [-0.05, 0) is 19.0 Å². The molecule has 0 amide bonds. The Kier molecular flexibility index (Phi) is 7.32. The molecule has 0 fully saturated rings. The van der Waals surface area contributed by atoms with Crippen molar-refractivity contribution in [1.82, 2.24) is 0 Å². The van der Waals surface area contributed by atoms with Crippen molar-refractivity contribution in [3.63, 3.8) is 0 Å². The van der Waals surface area contributed by atoms with E-state index >= 15 is 0 Å². The van der Waals surface area contributed by atoms with E-state index in [1.54, 1.807) is 0 Å². The molecular formula is C5H15ClOSi2. The lowest BCUT2D eigenvalue weighted by molar-refractivity contribution is 0.616. The standard InChI is InChI=1S/C5H15ClOSi2/c1-8-7-9(2)5-3-4-6/h9H,3-5,8H2,1-2H3. The quantitative estimate of drug-likeness (QED) is 0.458. The molecule has 0 heterocycles. The topological polar surface area (TPSA) is 9.23 Å². The van der Waals surface area contributed by atoms with E-state index in [2.05, 4.69) is 13.1 Å². The van der Waals surface area contributed by atoms with E-state index in [-0.39, 0.29) is 9.76 Å². The molecule has 56 valence electrons. The highest BCUT2D eigenvalue weighted by atomic mass is 35.5. The largest absolute Gasteiger partial charge is 0.463 e. The first-order valence-electron chi connectivity index (χ1n) is 3.48. The van der Waals surface area contributed by atoms with Gasteiger partial charge < -0.3 is 4.12 Å². The molecule has 0 radical (unpaired) electrons. The molecule has 0 rings (SSSR count). The Morgan fingerprint density at radius 3 is 2.78 bits per heavy atom. The first kappa shape index (κ1) is 9.68. The first-order valence-corrected chi connectivity index (χ1v) is 8.45. The minimum Gasteiger partial charge on any atom is -0.463 e. The third-order valence-corrected chi connectivity index (χ3v) is 6.29. The maximum atomic E-state index is 5.56. The maximum absolute atomic E-state index is 5.56. The van der Waals surface area contributed by atoms with Gasteiger partial charge in [0.1, 0.15) is 9.76 Å². The maximum Gasteiger partial charge on any atom is 0.159 e. The number of hydrogen-bond donors (Lipinski definition) is 0. The summed E-state index contributed by atoms with van der Waals surface area (Å²) in [6.07, 6.45) is 1.14. The zero-order valence-corrected chi connectivity index (χ0v) is 9.52. The zero-order valence-electron chi connectivity index (χ0n) is 6.19. The smallest absolute Gasteiger partial charge is 0.159 e. The van der Waals surface area contributed by atoms with Gasteiger partial charge in [-0.15, -0.1) is 11.6 Å². The summed E-state index contributed by atoms with van der Waals surface area (Å²) >= 11 is 5.52. The second-order valence-electron chi connectivity index (χ2n) is 2.10. The summed E-state index contributed by atoms with van der Waals surface area (Å²) in [4.78, 5) is 0. The molecule has 0 N–H and O–H groups in total. The van der Waals surface area contributed by atoms with Gasteiger partial charge in [-0.1, -0.05) is 6.55 Å². The van der Waals surface area contributed by atoms with Gasteiger partial charge in [0.2, 0.25) is 0 Å². The molecule has 1 unspecified atom stereocenters. The molecule has 1 nitrogen and oxygen atoms in total. The Balaban J connectivity index is 2.95. The molecule has 0 aromatic rings. The van der Waals surface area contributed by atoms with Gasteiger partial charge in [-0.2, -0.15) is 0 Å². The minimum atomic E-state index is -0.743. The van der Waals surface area contributed by atoms with E-state index in [0.717, 1.165) is 12.3 Å². The third-order valence-electron chi connectivity index (χ3n) is 1.20. The molecule has 0 aliphatic rings. The van der Waals surface area contributed by atoms with Gasteiger partial charge >= 0.3 is 0 Å². The summed E-state index contributed by atoms with van der Waals surface area (Å²) < 4.78 is 5.56. The van der Waals surface area contributed by atoms with Crippen molar-refractivity contribution in [2.24, 2.45) is 0 Å². The third kappa shape index (κ3) is 6.57. The van der Waals surface area contributed by atoms with Crippen molar-refractivity contribution in [2.45, 2.75) is 25.6 Å². The van der Waals surface area contributed by atoms with E-state index in [0.29, 0.717) is 0 Å². The van der Waals surface area contributed by atoms with Crippen LogP contribution >= 0.6 is 11.6 Å². The second-order valence-corrected chi connectivity index (χ2v) is 6.58. The first-order chi connectivity index (χ1) is 4.31. The van der Waals surface area contributed by atoms with Crippen LogP contribution in [0.3, 0.4) is 0 Å². The van der Waals surface area contributed by atoms with Crippen LogP contribution in [0.2, 0.25) is 19.1 Å². The van der Waals surface area contributed by atoms with Gasteiger partial charge in [0.25, 0.3) is 0 Å². The summed E-state index contributed by atoms with van der Waals surface area (Å²) in [5.74, 6) is 0.798. The van der Waals surface area contributed by atoms with Gasteiger partial charge in [0.15, 0.2) is 9.04 Å². The van der Waals surface area contributed by atoms with Crippen LogP contribution in [0, 0.1) is 0 Å². The summed E-state index contributed by atoms with van der Waals surface area (Å²) in [6.45, 7) is 4.44. The van der Waals surface area contributed by atoms with Crippen molar-refractivity contribution in [2.75, 3.05) is 5.88 Å². The lowest BCUT2D eigenvalue weighted by atomic mass is 10.6. The lowest BCUT2D eigenvalue weighted by Crippen LogP contribution is -2.14. The molecule has 0 aliphatic carbocycles. The van der Waals surface area contributed by atoms with Gasteiger partial charge in [0, 0.05) is 5.88 Å². The van der Waals surface area contributed by atoms with E-state index in [4.69, 9.17) is 15.7 Å². The van der Waals surface area contributed by atoms with Crippen LogP contribution < -0.4 is 0 Å². The van der Waals surface area contributed by atoms with Gasteiger partial charge in [0.05, 0.1) is 0 Å². The molecule has 0 bridgehead atoms. The fraction of sp³-hybridized carbons (Fsp3) is 1.00. The number of alkyl halides is 1.